The van der Waals surface area contributed by atoms with Crippen LogP contribution in [-0.2, 0) is 0 Å². The highest BCUT2D eigenvalue weighted by molar-refractivity contribution is 5.83. The van der Waals surface area contributed by atoms with Gasteiger partial charge in [0.15, 0.2) is 0 Å². The second-order valence-corrected chi connectivity index (χ2v) is 5.51. The summed E-state index contributed by atoms with van der Waals surface area (Å²) in [5.41, 5.74) is 2.80. The summed E-state index contributed by atoms with van der Waals surface area (Å²) in [6, 6.07) is 11.9. The second-order valence-electron chi connectivity index (χ2n) is 5.51. The van der Waals surface area contributed by atoms with Gasteiger partial charge in [0.2, 0.25) is 0 Å². The smallest absolute Gasteiger partial charge is 0.0524 e. The molecule has 0 bridgehead atoms. The SMILES string of the molecule is CC(C)(C)N=Cc1ccncc1C#Cc1ccccc1. The van der Waals surface area contributed by atoms with E-state index in [0.717, 1.165) is 16.7 Å². The number of hydrogen-bond acceptors (Lipinski definition) is 2. The molecule has 0 amide bonds. The zero-order valence-electron chi connectivity index (χ0n) is 12.1. The topological polar surface area (TPSA) is 25.2 Å². The van der Waals surface area contributed by atoms with Crippen LogP contribution in [0.2, 0.25) is 0 Å². The van der Waals surface area contributed by atoms with Crippen LogP contribution in [-0.4, -0.2) is 16.7 Å². The van der Waals surface area contributed by atoms with Gasteiger partial charge in [-0.2, -0.15) is 0 Å². The van der Waals surface area contributed by atoms with E-state index in [1.54, 1.807) is 12.4 Å². The first-order chi connectivity index (χ1) is 9.54. The molecule has 0 spiro atoms. The van der Waals surface area contributed by atoms with E-state index < -0.39 is 0 Å². The average molecular weight is 262 g/mol. The van der Waals surface area contributed by atoms with Crippen LogP contribution in [0, 0.1) is 11.8 Å². The minimum absolute atomic E-state index is 0.0899. The molecule has 1 aromatic carbocycles. The Balaban J connectivity index is 2.30. The highest BCUT2D eigenvalue weighted by Crippen LogP contribution is 2.09. The summed E-state index contributed by atoms with van der Waals surface area (Å²) in [5.74, 6) is 6.31. The minimum atomic E-state index is -0.0899. The van der Waals surface area contributed by atoms with Gasteiger partial charge >= 0.3 is 0 Å². The van der Waals surface area contributed by atoms with Gasteiger partial charge in [0.1, 0.15) is 0 Å². The van der Waals surface area contributed by atoms with Crippen molar-refractivity contribution >= 4 is 6.21 Å². The number of pyridine rings is 1. The van der Waals surface area contributed by atoms with Gasteiger partial charge in [0.25, 0.3) is 0 Å². The van der Waals surface area contributed by atoms with Crippen LogP contribution in [0.5, 0.6) is 0 Å². The van der Waals surface area contributed by atoms with Crippen molar-refractivity contribution in [1.29, 1.82) is 0 Å². The molecule has 20 heavy (non-hydrogen) atoms. The Morgan fingerprint density at radius 3 is 2.50 bits per heavy atom. The quantitative estimate of drug-likeness (QED) is 0.568. The summed E-state index contributed by atoms with van der Waals surface area (Å²) >= 11 is 0. The first-order valence-electron chi connectivity index (χ1n) is 6.61. The molecule has 2 aromatic rings. The van der Waals surface area contributed by atoms with Crippen LogP contribution < -0.4 is 0 Å². The van der Waals surface area contributed by atoms with Crippen molar-refractivity contribution < 1.29 is 0 Å². The van der Waals surface area contributed by atoms with E-state index in [2.05, 4.69) is 42.6 Å². The number of aliphatic imine (C=N–C) groups is 1. The van der Waals surface area contributed by atoms with E-state index in [9.17, 15) is 0 Å². The maximum Gasteiger partial charge on any atom is 0.0524 e. The number of hydrogen-bond donors (Lipinski definition) is 0. The molecule has 2 heteroatoms. The van der Waals surface area contributed by atoms with Crippen molar-refractivity contribution in [2.45, 2.75) is 26.3 Å². The molecule has 0 fully saturated rings. The molecule has 100 valence electrons. The van der Waals surface area contributed by atoms with E-state index in [-0.39, 0.29) is 5.54 Å². The van der Waals surface area contributed by atoms with E-state index in [1.807, 2.05) is 42.6 Å². The van der Waals surface area contributed by atoms with Crippen molar-refractivity contribution in [1.82, 2.24) is 4.98 Å². The Labute approximate surface area is 120 Å². The summed E-state index contributed by atoms with van der Waals surface area (Å²) in [5, 5.41) is 0. The molecule has 2 nitrogen and oxygen atoms in total. The summed E-state index contributed by atoms with van der Waals surface area (Å²) in [4.78, 5) is 8.66. The third-order valence-electron chi connectivity index (χ3n) is 2.56. The number of benzene rings is 1. The standard InChI is InChI=1S/C18H18N2/c1-18(2,3)20-14-17-11-12-19-13-16(17)10-9-15-7-5-4-6-8-15/h4-8,11-14H,1-3H3. The van der Waals surface area contributed by atoms with Gasteiger partial charge in [-0.1, -0.05) is 30.0 Å². The molecule has 0 unspecified atom stereocenters. The van der Waals surface area contributed by atoms with E-state index in [0.29, 0.717) is 0 Å². The Kier molecular flexibility index (Phi) is 4.32. The Morgan fingerprint density at radius 2 is 1.80 bits per heavy atom. The molecule has 0 atom stereocenters. The minimum Gasteiger partial charge on any atom is -0.287 e. The van der Waals surface area contributed by atoms with Gasteiger partial charge in [-0.15, -0.1) is 0 Å². The normalized spacial score (nSPS) is 11.2. The van der Waals surface area contributed by atoms with Crippen LogP contribution in [0.1, 0.15) is 37.5 Å². The first-order valence-corrected chi connectivity index (χ1v) is 6.61. The lowest BCUT2D eigenvalue weighted by molar-refractivity contribution is 0.586. The third kappa shape index (κ3) is 4.37. The Morgan fingerprint density at radius 1 is 1.05 bits per heavy atom. The molecule has 0 aliphatic rings. The molecule has 0 radical (unpaired) electrons. The Hall–Kier alpha value is -2.40. The number of aromatic nitrogens is 1. The van der Waals surface area contributed by atoms with Crippen LogP contribution in [0.4, 0.5) is 0 Å². The van der Waals surface area contributed by atoms with Crippen LogP contribution in [0.15, 0.2) is 53.8 Å². The van der Waals surface area contributed by atoms with Crippen molar-refractivity contribution in [3.8, 4) is 11.8 Å². The maximum atomic E-state index is 4.52. The van der Waals surface area contributed by atoms with E-state index in [4.69, 9.17) is 0 Å². The predicted octanol–water partition coefficient (Wildman–Crippen LogP) is 3.70. The molecule has 0 saturated carbocycles. The fourth-order valence-electron chi connectivity index (χ4n) is 1.55. The average Bonchev–Trinajstić information content (AvgIpc) is 2.44. The molecule has 1 aromatic heterocycles. The molecule has 1 heterocycles. The number of nitrogens with zero attached hydrogens (tertiary/aromatic N) is 2. The molecule has 0 saturated heterocycles. The van der Waals surface area contributed by atoms with Gasteiger partial charge in [0.05, 0.1) is 11.1 Å². The zero-order chi connectivity index (χ0) is 14.4. The van der Waals surface area contributed by atoms with Crippen molar-refractivity contribution in [2.24, 2.45) is 4.99 Å². The summed E-state index contributed by atoms with van der Waals surface area (Å²) < 4.78 is 0. The molecular weight excluding hydrogens is 244 g/mol. The molecule has 0 aliphatic heterocycles. The van der Waals surface area contributed by atoms with Crippen LogP contribution >= 0.6 is 0 Å². The van der Waals surface area contributed by atoms with E-state index >= 15 is 0 Å². The summed E-state index contributed by atoms with van der Waals surface area (Å²) in [7, 11) is 0. The Bertz CT molecular complexity index is 653. The van der Waals surface area contributed by atoms with Gasteiger partial charge in [-0.25, -0.2) is 0 Å². The fourth-order valence-corrected chi connectivity index (χ4v) is 1.55. The van der Waals surface area contributed by atoms with Crippen molar-refractivity contribution in [3.05, 3.63) is 65.5 Å². The first kappa shape index (κ1) is 14.0. The van der Waals surface area contributed by atoms with Crippen molar-refractivity contribution in [2.75, 3.05) is 0 Å². The highest BCUT2D eigenvalue weighted by Gasteiger charge is 2.05. The predicted molar refractivity (Wildman–Crippen MR) is 84.0 cm³/mol. The lowest BCUT2D eigenvalue weighted by Gasteiger charge is -2.10. The second kappa shape index (κ2) is 6.16. The summed E-state index contributed by atoms with van der Waals surface area (Å²) in [6.45, 7) is 6.21. The van der Waals surface area contributed by atoms with Gasteiger partial charge in [-0.3, -0.25) is 9.98 Å². The molecule has 0 N–H and O–H groups in total. The third-order valence-corrected chi connectivity index (χ3v) is 2.56. The molecule has 2 rings (SSSR count). The van der Waals surface area contributed by atoms with Crippen molar-refractivity contribution in [3.63, 3.8) is 0 Å². The lowest BCUT2D eigenvalue weighted by Crippen LogP contribution is -2.09. The van der Waals surface area contributed by atoms with Crippen LogP contribution in [0.25, 0.3) is 0 Å². The molecular formula is C18H18N2. The number of rotatable bonds is 1. The van der Waals surface area contributed by atoms with Gasteiger partial charge < -0.3 is 0 Å². The fraction of sp³-hybridized carbons (Fsp3) is 0.222. The summed E-state index contributed by atoms with van der Waals surface area (Å²) in [6.07, 6.45) is 5.41. The zero-order valence-corrected chi connectivity index (χ0v) is 12.1. The molecule has 0 aliphatic carbocycles. The maximum absolute atomic E-state index is 4.52. The van der Waals surface area contributed by atoms with E-state index in [1.165, 1.54) is 0 Å². The highest BCUT2D eigenvalue weighted by atomic mass is 14.8. The van der Waals surface area contributed by atoms with Crippen LogP contribution in [0.3, 0.4) is 0 Å². The van der Waals surface area contributed by atoms with Gasteiger partial charge in [0, 0.05) is 29.7 Å². The lowest BCUT2D eigenvalue weighted by atomic mass is 10.1. The van der Waals surface area contributed by atoms with Gasteiger partial charge in [-0.05, 0) is 39.0 Å². The largest absolute Gasteiger partial charge is 0.287 e. The monoisotopic (exact) mass is 262 g/mol.